The first-order chi connectivity index (χ1) is 7.38. The second-order valence-electron chi connectivity index (χ2n) is 5.22. The number of nitrogens with one attached hydrogen (secondary N) is 1. The average Bonchev–Trinajstić information content (AvgIpc) is 2.21. The summed E-state index contributed by atoms with van der Waals surface area (Å²) in [6.07, 6.45) is 1.05. The first kappa shape index (κ1) is 15.4. The van der Waals surface area contributed by atoms with Crippen LogP contribution in [0, 0.1) is 5.92 Å². The van der Waals surface area contributed by atoms with Crippen molar-refractivity contribution in [1.82, 2.24) is 10.2 Å². The van der Waals surface area contributed by atoms with Crippen molar-refractivity contribution < 1.29 is 4.79 Å². The van der Waals surface area contributed by atoms with Crippen molar-refractivity contribution in [3.05, 3.63) is 0 Å². The summed E-state index contributed by atoms with van der Waals surface area (Å²) in [6.45, 7) is 14.0. The molecule has 1 N–H and O–H groups in total. The molecule has 0 aromatic heterocycles. The molecule has 0 radical (unpaired) electrons. The zero-order valence-corrected chi connectivity index (χ0v) is 11.7. The summed E-state index contributed by atoms with van der Waals surface area (Å²) in [7, 11) is 0. The van der Waals surface area contributed by atoms with Gasteiger partial charge in [-0.05, 0) is 33.1 Å². The van der Waals surface area contributed by atoms with E-state index in [0.29, 0.717) is 18.5 Å². The summed E-state index contributed by atoms with van der Waals surface area (Å²) in [5.41, 5.74) is 0. The third-order valence-corrected chi connectivity index (χ3v) is 2.72. The Morgan fingerprint density at radius 3 is 2.12 bits per heavy atom. The number of hydrogen-bond donors (Lipinski definition) is 1. The second-order valence-corrected chi connectivity index (χ2v) is 5.22. The topological polar surface area (TPSA) is 32.3 Å². The Kier molecular flexibility index (Phi) is 7.39. The van der Waals surface area contributed by atoms with E-state index >= 15 is 0 Å². The van der Waals surface area contributed by atoms with Crippen molar-refractivity contribution in [1.29, 1.82) is 0 Å². The minimum Gasteiger partial charge on any atom is -0.339 e. The fourth-order valence-corrected chi connectivity index (χ4v) is 1.50. The van der Waals surface area contributed by atoms with Gasteiger partial charge in [-0.1, -0.05) is 20.8 Å². The maximum Gasteiger partial charge on any atom is 0.236 e. The first-order valence-electron chi connectivity index (χ1n) is 6.41. The lowest BCUT2D eigenvalue weighted by molar-refractivity contribution is -0.132. The molecule has 3 heteroatoms. The van der Waals surface area contributed by atoms with Crippen molar-refractivity contribution in [2.45, 2.75) is 60.0 Å². The molecule has 0 aliphatic rings. The maximum atomic E-state index is 12.0. The molecule has 0 spiro atoms. The minimum atomic E-state index is 0.212. The van der Waals surface area contributed by atoms with Crippen LogP contribution in [0.15, 0.2) is 0 Å². The highest BCUT2D eigenvalue weighted by atomic mass is 16.2. The van der Waals surface area contributed by atoms with Gasteiger partial charge in [0.15, 0.2) is 0 Å². The van der Waals surface area contributed by atoms with Gasteiger partial charge in [0.25, 0.3) is 0 Å². The van der Waals surface area contributed by atoms with Crippen molar-refractivity contribution in [2.75, 3.05) is 13.1 Å². The van der Waals surface area contributed by atoms with E-state index in [9.17, 15) is 4.79 Å². The highest BCUT2D eigenvalue weighted by molar-refractivity contribution is 5.78. The SMILES string of the molecule is CCC(C)NCC(=O)N(CC(C)C)C(C)C. The Balaban J connectivity index is 4.17. The van der Waals surface area contributed by atoms with Crippen LogP contribution >= 0.6 is 0 Å². The molecule has 96 valence electrons. The van der Waals surface area contributed by atoms with Gasteiger partial charge in [-0.2, -0.15) is 0 Å². The third kappa shape index (κ3) is 6.11. The first-order valence-corrected chi connectivity index (χ1v) is 6.41. The van der Waals surface area contributed by atoms with Gasteiger partial charge in [-0.25, -0.2) is 0 Å². The summed E-state index contributed by atoms with van der Waals surface area (Å²) in [4.78, 5) is 14.0. The minimum absolute atomic E-state index is 0.212. The summed E-state index contributed by atoms with van der Waals surface area (Å²) in [6, 6.07) is 0.700. The Bertz CT molecular complexity index is 202. The number of rotatable bonds is 7. The Labute approximate surface area is 101 Å². The Morgan fingerprint density at radius 2 is 1.75 bits per heavy atom. The molecule has 0 bridgehead atoms. The predicted octanol–water partition coefficient (Wildman–Crippen LogP) is 2.27. The molecule has 3 nitrogen and oxygen atoms in total. The summed E-state index contributed by atoms with van der Waals surface area (Å²) < 4.78 is 0. The molecule has 0 rings (SSSR count). The van der Waals surface area contributed by atoms with Gasteiger partial charge in [-0.15, -0.1) is 0 Å². The van der Waals surface area contributed by atoms with E-state index in [1.54, 1.807) is 0 Å². The molecule has 1 unspecified atom stereocenters. The van der Waals surface area contributed by atoms with Crippen LogP contribution in [0.2, 0.25) is 0 Å². The maximum absolute atomic E-state index is 12.0. The lowest BCUT2D eigenvalue weighted by atomic mass is 10.1. The Hall–Kier alpha value is -0.570. The Morgan fingerprint density at radius 1 is 1.19 bits per heavy atom. The molecule has 0 heterocycles. The summed E-state index contributed by atoms with van der Waals surface area (Å²) in [5, 5.41) is 3.25. The molecule has 0 aromatic rings. The van der Waals surface area contributed by atoms with Crippen LogP contribution in [0.25, 0.3) is 0 Å². The van der Waals surface area contributed by atoms with E-state index in [2.05, 4.69) is 46.9 Å². The van der Waals surface area contributed by atoms with E-state index in [4.69, 9.17) is 0 Å². The van der Waals surface area contributed by atoms with Gasteiger partial charge in [0.05, 0.1) is 6.54 Å². The van der Waals surface area contributed by atoms with Gasteiger partial charge in [0.2, 0.25) is 5.91 Å². The van der Waals surface area contributed by atoms with E-state index in [0.717, 1.165) is 13.0 Å². The van der Waals surface area contributed by atoms with Crippen LogP contribution < -0.4 is 5.32 Å². The van der Waals surface area contributed by atoms with E-state index in [1.807, 2.05) is 4.90 Å². The van der Waals surface area contributed by atoms with Crippen LogP contribution in [0.1, 0.15) is 48.0 Å². The predicted molar refractivity (Wildman–Crippen MR) is 69.4 cm³/mol. The van der Waals surface area contributed by atoms with Gasteiger partial charge in [0, 0.05) is 18.6 Å². The van der Waals surface area contributed by atoms with Gasteiger partial charge < -0.3 is 10.2 Å². The van der Waals surface area contributed by atoms with Crippen molar-refractivity contribution in [3.8, 4) is 0 Å². The molecule has 0 aromatic carbocycles. The molecule has 0 saturated carbocycles. The van der Waals surface area contributed by atoms with Crippen LogP contribution in [-0.4, -0.2) is 36.0 Å². The van der Waals surface area contributed by atoms with Crippen LogP contribution in [0.5, 0.6) is 0 Å². The average molecular weight is 228 g/mol. The number of amides is 1. The summed E-state index contributed by atoms with van der Waals surface area (Å²) >= 11 is 0. The highest BCUT2D eigenvalue weighted by Gasteiger charge is 2.17. The molecule has 0 saturated heterocycles. The molecule has 0 aliphatic heterocycles. The third-order valence-electron chi connectivity index (χ3n) is 2.72. The fourth-order valence-electron chi connectivity index (χ4n) is 1.50. The van der Waals surface area contributed by atoms with Crippen LogP contribution in [0.3, 0.4) is 0 Å². The molecular weight excluding hydrogens is 200 g/mol. The molecule has 0 aliphatic carbocycles. The monoisotopic (exact) mass is 228 g/mol. The van der Waals surface area contributed by atoms with Crippen molar-refractivity contribution in [3.63, 3.8) is 0 Å². The lowest BCUT2D eigenvalue weighted by Gasteiger charge is -2.29. The lowest BCUT2D eigenvalue weighted by Crippen LogP contribution is -2.45. The number of carbonyl (C=O) groups excluding carboxylic acids is 1. The van der Waals surface area contributed by atoms with E-state index in [-0.39, 0.29) is 11.9 Å². The van der Waals surface area contributed by atoms with Crippen molar-refractivity contribution >= 4 is 5.91 Å². The van der Waals surface area contributed by atoms with E-state index < -0.39 is 0 Å². The smallest absolute Gasteiger partial charge is 0.236 e. The van der Waals surface area contributed by atoms with Crippen LogP contribution in [0.4, 0.5) is 0 Å². The molecule has 1 atom stereocenters. The number of hydrogen-bond acceptors (Lipinski definition) is 2. The molecular formula is C13H28N2O. The summed E-state index contributed by atoms with van der Waals surface area (Å²) in [5.74, 6) is 0.735. The quantitative estimate of drug-likeness (QED) is 0.725. The zero-order chi connectivity index (χ0) is 12.7. The van der Waals surface area contributed by atoms with E-state index in [1.165, 1.54) is 0 Å². The number of nitrogens with zero attached hydrogens (tertiary/aromatic N) is 1. The molecule has 1 amide bonds. The highest BCUT2D eigenvalue weighted by Crippen LogP contribution is 2.04. The second kappa shape index (κ2) is 7.66. The fraction of sp³-hybridized carbons (Fsp3) is 0.923. The molecule has 16 heavy (non-hydrogen) atoms. The van der Waals surface area contributed by atoms with Crippen molar-refractivity contribution in [2.24, 2.45) is 5.92 Å². The standard InChI is InChI=1S/C13H28N2O/c1-7-12(6)14-8-13(16)15(11(4)5)9-10(2)3/h10-12,14H,7-9H2,1-6H3. The van der Waals surface area contributed by atoms with Crippen LogP contribution in [-0.2, 0) is 4.79 Å². The van der Waals surface area contributed by atoms with Gasteiger partial charge in [-0.3, -0.25) is 4.79 Å². The van der Waals surface area contributed by atoms with Gasteiger partial charge >= 0.3 is 0 Å². The molecule has 0 fully saturated rings. The van der Waals surface area contributed by atoms with Gasteiger partial charge in [0.1, 0.15) is 0 Å². The normalized spacial score (nSPS) is 13.2. The zero-order valence-electron chi connectivity index (χ0n) is 11.7. The number of carbonyl (C=O) groups is 1. The largest absolute Gasteiger partial charge is 0.339 e.